The predicted octanol–water partition coefficient (Wildman–Crippen LogP) is 3.14. The summed E-state index contributed by atoms with van der Waals surface area (Å²) in [7, 11) is -3.68. The summed E-state index contributed by atoms with van der Waals surface area (Å²) in [6.45, 7) is 1.83. The smallest absolute Gasteiger partial charge is 0.263 e. The Morgan fingerprint density at radius 3 is 2.53 bits per heavy atom. The molecule has 0 aliphatic carbocycles. The Morgan fingerprint density at radius 2 is 1.84 bits per heavy atom. The Morgan fingerprint density at radius 1 is 1.16 bits per heavy atom. The fourth-order valence-corrected chi connectivity index (χ4v) is 3.25. The van der Waals surface area contributed by atoms with E-state index in [9.17, 15) is 8.42 Å². The Labute approximate surface area is 120 Å². The van der Waals surface area contributed by atoms with Crippen molar-refractivity contribution in [1.82, 2.24) is 0 Å². The number of hydrogen-bond donors (Lipinski definition) is 2. The molecule has 0 aliphatic heterocycles. The van der Waals surface area contributed by atoms with Gasteiger partial charge in [-0.2, -0.15) is 0 Å². The van der Waals surface area contributed by atoms with Crippen LogP contribution < -0.4 is 10.5 Å². The number of para-hydroxylation sites is 1. The van der Waals surface area contributed by atoms with E-state index in [4.69, 9.17) is 5.73 Å². The maximum atomic E-state index is 12.3. The van der Waals surface area contributed by atoms with Crippen LogP contribution in [0.5, 0.6) is 0 Å². The minimum Gasteiger partial charge on any atom is -0.398 e. The van der Waals surface area contributed by atoms with Gasteiger partial charge in [-0.1, -0.05) is 34.1 Å². The molecule has 2 aromatic rings. The molecule has 3 N–H and O–H groups in total. The van der Waals surface area contributed by atoms with Gasteiger partial charge in [0, 0.05) is 4.47 Å². The Kier molecular flexibility index (Phi) is 3.82. The second-order valence-electron chi connectivity index (χ2n) is 4.10. The Balaban J connectivity index is 2.43. The highest BCUT2D eigenvalue weighted by Crippen LogP contribution is 2.25. The summed E-state index contributed by atoms with van der Waals surface area (Å²) < 4.78 is 27.9. The minimum absolute atomic E-state index is 0.0781. The molecule has 0 bridgehead atoms. The third kappa shape index (κ3) is 3.08. The van der Waals surface area contributed by atoms with Gasteiger partial charge in [0.1, 0.15) is 4.90 Å². The van der Waals surface area contributed by atoms with E-state index in [2.05, 4.69) is 20.7 Å². The summed E-state index contributed by atoms with van der Waals surface area (Å²) in [4.78, 5) is 0.0781. The maximum absolute atomic E-state index is 12.3. The third-order valence-electron chi connectivity index (χ3n) is 2.65. The monoisotopic (exact) mass is 340 g/mol. The summed E-state index contributed by atoms with van der Waals surface area (Å²) in [6, 6.07) is 11.8. The highest BCUT2D eigenvalue weighted by Gasteiger charge is 2.17. The van der Waals surface area contributed by atoms with Crippen LogP contribution in [0.2, 0.25) is 0 Å². The largest absolute Gasteiger partial charge is 0.398 e. The van der Waals surface area contributed by atoms with Crippen molar-refractivity contribution in [3.8, 4) is 0 Å². The molecule has 0 atom stereocenters. The molecule has 100 valence electrons. The first-order valence-corrected chi connectivity index (χ1v) is 7.81. The van der Waals surface area contributed by atoms with E-state index < -0.39 is 10.0 Å². The second-order valence-corrected chi connectivity index (χ2v) is 6.67. The van der Waals surface area contributed by atoms with Crippen LogP contribution in [0, 0.1) is 6.92 Å². The molecule has 0 aliphatic rings. The van der Waals surface area contributed by atoms with Gasteiger partial charge in [0.05, 0.1) is 11.4 Å². The van der Waals surface area contributed by atoms with Crippen LogP contribution in [0.3, 0.4) is 0 Å². The van der Waals surface area contributed by atoms with Crippen LogP contribution in [0.1, 0.15) is 5.56 Å². The van der Waals surface area contributed by atoms with Gasteiger partial charge in [-0.15, -0.1) is 0 Å². The van der Waals surface area contributed by atoms with Crippen molar-refractivity contribution in [3.05, 3.63) is 52.5 Å². The van der Waals surface area contributed by atoms with Crippen LogP contribution in [-0.4, -0.2) is 8.42 Å². The number of nitrogens with one attached hydrogen (secondary N) is 1. The highest BCUT2D eigenvalue weighted by molar-refractivity contribution is 9.10. The first-order chi connectivity index (χ1) is 8.90. The van der Waals surface area contributed by atoms with Gasteiger partial charge in [0.2, 0.25) is 0 Å². The van der Waals surface area contributed by atoms with E-state index in [0.29, 0.717) is 5.69 Å². The summed E-state index contributed by atoms with van der Waals surface area (Å²) in [5.41, 5.74) is 7.28. The molecule has 6 heteroatoms. The van der Waals surface area contributed by atoms with E-state index in [0.717, 1.165) is 10.0 Å². The number of halogens is 1. The topological polar surface area (TPSA) is 72.2 Å². The van der Waals surface area contributed by atoms with E-state index in [1.807, 2.05) is 19.1 Å². The highest BCUT2D eigenvalue weighted by atomic mass is 79.9. The van der Waals surface area contributed by atoms with Crippen LogP contribution in [0.25, 0.3) is 0 Å². The van der Waals surface area contributed by atoms with Crippen molar-refractivity contribution in [2.24, 2.45) is 0 Å². The molecule has 19 heavy (non-hydrogen) atoms. The molecule has 0 saturated heterocycles. The minimum atomic E-state index is -3.68. The number of hydrogen-bond acceptors (Lipinski definition) is 3. The van der Waals surface area contributed by atoms with Gasteiger partial charge >= 0.3 is 0 Å². The van der Waals surface area contributed by atoms with Crippen molar-refractivity contribution in [2.45, 2.75) is 11.8 Å². The Bertz CT molecular complexity index is 714. The average molecular weight is 341 g/mol. The summed E-state index contributed by atoms with van der Waals surface area (Å²) in [5.74, 6) is 0. The average Bonchev–Trinajstić information content (AvgIpc) is 2.34. The number of rotatable bonds is 3. The third-order valence-corrected chi connectivity index (χ3v) is 4.59. The number of benzene rings is 2. The number of aryl methyl sites for hydroxylation is 1. The molecule has 2 rings (SSSR count). The molecule has 4 nitrogen and oxygen atoms in total. The standard InChI is InChI=1S/C13H13BrN2O2S/c1-9-6-7-10(14)8-12(9)16-19(17,18)13-5-3-2-4-11(13)15/h2-8,16H,15H2,1H3. The lowest BCUT2D eigenvalue weighted by Gasteiger charge is -2.12. The van der Waals surface area contributed by atoms with Crippen molar-refractivity contribution in [1.29, 1.82) is 0 Å². The van der Waals surface area contributed by atoms with Crippen molar-refractivity contribution < 1.29 is 8.42 Å². The van der Waals surface area contributed by atoms with E-state index in [1.165, 1.54) is 6.07 Å². The van der Waals surface area contributed by atoms with Crippen molar-refractivity contribution in [3.63, 3.8) is 0 Å². The summed E-state index contributed by atoms with van der Waals surface area (Å²) >= 11 is 3.32. The molecule has 0 aromatic heterocycles. The maximum Gasteiger partial charge on any atom is 0.263 e. The molecule has 0 fully saturated rings. The fourth-order valence-electron chi connectivity index (χ4n) is 1.63. The molecule has 0 saturated carbocycles. The molecule has 0 heterocycles. The van der Waals surface area contributed by atoms with E-state index in [-0.39, 0.29) is 10.6 Å². The molecule has 0 spiro atoms. The zero-order valence-electron chi connectivity index (χ0n) is 10.2. The first-order valence-electron chi connectivity index (χ1n) is 5.53. The van der Waals surface area contributed by atoms with Crippen molar-refractivity contribution >= 4 is 37.3 Å². The number of nitrogen functional groups attached to an aromatic ring is 1. The lowest BCUT2D eigenvalue weighted by Crippen LogP contribution is -2.15. The van der Waals surface area contributed by atoms with Gasteiger partial charge in [-0.05, 0) is 36.8 Å². The molecule has 0 unspecified atom stereocenters. The quantitative estimate of drug-likeness (QED) is 0.843. The first kappa shape index (κ1) is 13.9. The molecular weight excluding hydrogens is 328 g/mol. The van der Waals surface area contributed by atoms with Gasteiger partial charge in [0.15, 0.2) is 0 Å². The fraction of sp³-hybridized carbons (Fsp3) is 0.0769. The number of anilines is 2. The molecule has 2 aromatic carbocycles. The van der Waals surface area contributed by atoms with Crippen LogP contribution >= 0.6 is 15.9 Å². The number of sulfonamides is 1. The number of nitrogens with two attached hydrogens (primary N) is 1. The van der Waals surface area contributed by atoms with Crippen LogP contribution in [0.15, 0.2) is 51.8 Å². The summed E-state index contributed by atoms with van der Waals surface area (Å²) in [6.07, 6.45) is 0. The molecule has 0 radical (unpaired) electrons. The van der Waals surface area contributed by atoms with Crippen molar-refractivity contribution in [2.75, 3.05) is 10.5 Å². The normalized spacial score (nSPS) is 11.3. The van der Waals surface area contributed by atoms with Gasteiger partial charge in [-0.25, -0.2) is 8.42 Å². The SMILES string of the molecule is Cc1ccc(Br)cc1NS(=O)(=O)c1ccccc1N. The summed E-state index contributed by atoms with van der Waals surface area (Å²) in [5, 5.41) is 0. The predicted molar refractivity (Wildman–Crippen MR) is 80.5 cm³/mol. The zero-order chi connectivity index (χ0) is 14.0. The van der Waals surface area contributed by atoms with Gasteiger partial charge in [0.25, 0.3) is 10.0 Å². The van der Waals surface area contributed by atoms with E-state index >= 15 is 0 Å². The second kappa shape index (κ2) is 5.22. The zero-order valence-corrected chi connectivity index (χ0v) is 12.6. The lowest BCUT2D eigenvalue weighted by molar-refractivity contribution is 0.601. The van der Waals surface area contributed by atoms with E-state index in [1.54, 1.807) is 24.3 Å². The van der Waals surface area contributed by atoms with Crippen LogP contribution in [-0.2, 0) is 10.0 Å². The Hall–Kier alpha value is -1.53. The van der Waals surface area contributed by atoms with Crippen LogP contribution in [0.4, 0.5) is 11.4 Å². The molecule has 0 amide bonds. The van der Waals surface area contributed by atoms with Gasteiger partial charge < -0.3 is 5.73 Å². The molecular formula is C13H13BrN2O2S. The lowest BCUT2D eigenvalue weighted by atomic mass is 10.2. The van der Waals surface area contributed by atoms with Gasteiger partial charge in [-0.3, -0.25) is 4.72 Å².